The van der Waals surface area contributed by atoms with E-state index in [1.807, 2.05) is 30.3 Å². The molecule has 1 aromatic rings. The lowest BCUT2D eigenvalue weighted by Crippen LogP contribution is -2.39. The van der Waals surface area contributed by atoms with E-state index in [0.29, 0.717) is 13.0 Å². The average molecular weight is 354 g/mol. The Labute approximate surface area is 131 Å². The maximum absolute atomic E-state index is 12.1. The van der Waals surface area contributed by atoms with Crippen LogP contribution in [0.2, 0.25) is 0 Å². The van der Waals surface area contributed by atoms with Crippen molar-refractivity contribution in [3.05, 3.63) is 47.7 Å². The van der Waals surface area contributed by atoms with Crippen molar-refractivity contribution in [1.29, 1.82) is 0 Å². The highest BCUT2D eigenvalue weighted by molar-refractivity contribution is 9.09. The minimum atomic E-state index is -0.546. The van der Waals surface area contributed by atoms with Crippen LogP contribution in [0.25, 0.3) is 0 Å². The molecule has 1 atom stereocenters. The summed E-state index contributed by atoms with van der Waals surface area (Å²) in [6.07, 6.45) is 1.83. The molecule has 0 saturated heterocycles. The number of rotatable bonds is 3. The van der Waals surface area contributed by atoms with Gasteiger partial charge in [-0.1, -0.05) is 46.3 Å². The van der Waals surface area contributed by atoms with Crippen molar-refractivity contribution >= 4 is 28.0 Å². The predicted octanol–water partition coefficient (Wildman–Crippen LogP) is 2.85. The van der Waals surface area contributed by atoms with Gasteiger partial charge in [0.05, 0.1) is 7.11 Å². The summed E-state index contributed by atoms with van der Waals surface area (Å²) in [5.74, 6) is -0.546. The number of amides is 1. The first kappa shape index (κ1) is 15.6. The van der Waals surface area contributed by atoms with Crippen LogP contribution in [0.4, 0.5) is 4.79 Å². The molecular formula is C15H16BrNO4. The second-order valence-corrected chi connectivity index (χ2v) is 5.72. The number of hydrogen-bond donors (Lipinski definition) is 0. The van der Waals surface area contributed by atoms with Gasteiger partial charge in [-0.05, 0) is 18.1 Å². The summed E-state index contributed by atoms with van der Waals surface area (Å²) in [7, 11) is 1.29. The topological polar surface area (TPSA) is 55.8 Å². The molecule has 0 unspecified atom stereocenters. The largest absolute Gasteiger partial charge is 0.464 e. The number of carbonyl (C=O) groups excluding carboxylic acids is 2. The molecule has 0 fully saturated rings. The number of esters is 1. The van der Waals surface area contributed by atoms with E-state index >= 15 is 0 Å². The van der Waals surface area contributed by atoms with Crippen molar-refractivity contribution in [2.45, 2.75) is 17.9 Å². The zero-order valence-corrected chi connectivity index (χ0v) is 13.2. The highest BCUT2D eigenvalue weighted by Crippen LogP contribution is 2.22. The Morgan fingerprint density at radius 1 is 1.33 bits per heavy atom. The number of benzene rings is 1. The molecule has 0 radical (unpaired) electrons. The SMILES string of the molecule is COC(=O)C1=C[C@@H](Br)CCN1C(=O)OCc1ccccc1. The van der Waals surface area contributed by atoms with Crippen LogP contribution in [0.5, 0.6) is 0 Å². The molecule has 5 nitrogen and oxygen atoms in total. The van der Waals surface area contributed by atoms with E-state index in [1.165, 1.54) is 12.0 Å². The van der Waals surface area contributed by atoms with Crippen molar-refractivity contribution in [3.8, 4) is 0 Å². The van der Waals surface area contributed by atoms with Crippen LogP contribution in [-0.2, 0) is 20.9 Å². The molecule has 0 bridgehead atoms. The lowest BCUT2D eigenvalue weighted by molar-refractivity contribution is -0.138. The highest BCUT2D eigenvalue weighted by Gasteiger charge is 2.30. The van der Waals surface area contributed by atoms with Gasteiger partial charge in [-0.2, -0.15) is 0 Å². The molecule has 1 amide bonds. The first-order valence-electron chi connectivity index (χ1n) is 6.54. The van der Waals surface area contributed by atoms with Gasteiger partial charge in [-0.15, -0.1) is 0 Å². The number of nitrogens with zero attached hydrogens (tertiary/aromatic N) is 1. The Morgan fingerprint density at radius 3 is 2.71 bits per heavy atom. The van der Waals surface area contributed by atoms with Crippen LogP contribution < -0.4 is 0 Å². The summed E-state index contributed by atoms with van der Waals surface area (Å²) in [5.41, 5.74) is 1.11. The minimum Gasteiger partial charge on any atom is -0.464 e. The third-order valence-corrected chi connectivity index (χ3v) is 3.80. The molecule has 112 valence electrons. The molecule has 0 spiro atoms. The number of methoxy groups -OCH3 is 1. The van der Waals surface area contributed by atoms with Crippen LogP contribution in [0.1, 0.15) is 12.0 Å². The Morgan fingerprint density at radius 2 is 2.05 bits per heavy atom. The van der Waals surface area contributed by atoms with E-state index in [9.17, 15) is 9.59 Å². The minimum absolute atomic E-state index is 0.0461. The fourth-order valence-electron chi connectivity index (χ4n) is 1.99. The van der Waals surface area contributed by atoms with Gasteiger partial charge in [0.2, 0.25) is 0 Å². The maximum atomic E-state index is 12.1. The quantitative estimate of drug-likeness (QED) is 0.619. The molecule has 2 rings (SSSR count). The van der Waals surface area contributed by atoms with Gasteiger partial charge < -0.3 is 9.47 Å². The van der Waals surface area contributed by atoms with Crippen LogP contribution in [0, 0.1) is 0 Å². The number of allylic oxidation sites excluding steroid dienone is 1. The molecule has 0 N–H and O–H groups in total. The number of halogens is 1. The lowest BCUT2D eigenvalue weighted by atomic mass is 10.1. The van der Waals surface area contributed by atoms with Crippen LogP contribution in [0.15, 0.2) is 42.1 Å². The molecule has 1 heterocycles. The fourth-order valence-corrected chi connectivity index (χ4v) is 2.44. The highest BCUT2D eigenvalue weighted by atomic mass is 79.9. The summed E-state index contributed by atoms with van der Waals surface area (Å²) in [5, 5.41) is 0. The van der Waals surface area contributed by atoms with Crippen LogP contribution in [0.3, 0.4) is 0 Å². The van der Waals surface area contributed by atoms with Crippen LogP contribution in [-0.4, -0.2) is 35.4 Å². The van der Waals surface area contributed by atoms with E-state index < -0.39 is 12.1 Å². The number of ether oxygens (including phenoxy) is 2. The Bertz CT molecular complexity index is 544. The summed E-state index contributed by atoms with van der Waals surface area (Å²) >= 11 is 3.42. The molecule has 0 aromatic heterocycles. The lowest BCUT2D eigenvalue weighted by Gasteiger charge is -2.28. The van der Waals surface area contributed by atoms with E-state index in [1.54, 1.807) is 6.08 Å². The molecular weight excluding hydrogens is 338 g/mol. The number of carbonyl (C=O) groups is 2. The Balaban J connectivity index is 2.03. The molecule has 1 aliphatic heterocycles. The van der Waals surface area contributed by atoms with E-state index in [2.05, 4.69) is 15.9 Å². The Hall–Kier alpha value is -1.82. The normalized spacial score (nSPS) is 17.9. The van der Waals surface area contributed by atoms with Gasteiger partial charge in [0, 0.05) is 11.4 Å². The van der Waals surface area contributed by atoms with Gasteiger partial charge in [-0.25, -0.2) is 9.59 Å². The van der Waals surface area contributed by atoms with E-state index in [0.717, 1.165) is 5.56 Å². The van der Waals surface area contributed by atoms with Crippen molar-refractivity contribution in [1.82, 2.24) is 4.90 Å². The zero-order valence-electron chi connectivity index (χ0n) is 11.6. The third kappa shape index (κ3) is 4.07. The van der Waals surface area contributed by atoms with Crippen LogP contribution >= 0.6 is 15.9 Å². The summed E-state index contributed by atoms with van der Waals surface area (Å²) in [6, 6.07) is 9.38. The third-order valence-electron chi connectivity index (χ3n) is 3.08. The van der Waals surface area contributed by atoms with E-state index in [4.69, 9.17) is 9.47 Å². The zero-order chi connectivity index (χ0) is 15.2. The van der Waals surface area contributed by atoms with Crippen molar-refractivity contribution in [3.63, 3.8) is 0 Å². The molecule has 0 saturated carbocycles. The summed E-state index contributed by atoms with van der Waals surface area (Å²) in [4.78, 5) is 25.2. The van der Waals surface area contributed by atoms with E-state index in [-0.39, 0.29) is 17.1 Å². The number of alkyl halides is 1. The smallest absolute Gasteiger partial charge is 0.414 e. The van der Waals surface area contributed by atoms with Gasteiger partial charge >= 0.3 is 12.1 Å². The van der Waals surface area contributed by atoms with Gasteiger partial charge in [0.1, 0.15) is 12.3 Å². The van der Waals surface area contributed by atoms with Gasteiger partial charge in [-0.3, -0.25) is 4.90 Å². The molecule has 0 aliphatic carbocycles. The first-order valence-corrected chi connectivity index (χ1v) is 7.46. The fraction of sp³-hybridized carbons (Fsp3) is 0.333. The second-order valence-electron chi connectivity index (χ2n) is 4.54. The standard InChI is InChI=1S/C15H16BrNO4/c1-20-14(18)13-9-12(16)7-8-17(13)15(19)21-10-11-5-3-2-4-6-11/h2-6,9,12H,7-8,10H2,1H3/t12-/m0/s1. The second kappa shape index (κ2) is 7.26. The predicted molar refractivity (Wildman–Crippen MR) is 80.8 cm³/mol. The average Bonchev–Trinajstić information content (AvgIpc) is 2.52. The van der Waals surface area contributed by atoms with Crippen molar-refractivity contribution < 1.29 is 19.1 Å². The monoisotopic (exact) mass is 353 g/mol. The van der Waals surface area contributed by atoms with Crippen molar-refractivity contribution in [2.75, 3.05) is 13.7 Å². The summed E-state index contributed by atoms with van der Waals surface area (Å²) in [6.45, 7) is 0.576. The van der Waals surface area contributed by atoms with Crippen molar-refractivity contribution in [2.24, 2.45) is 0 Å². The molecule has 6 heteroatoms. The number of hydrogen-bond acceptors (Lipinski definition) is 4. The Kier molecular flexibility index (Phi) is 5.38. The van der Waals surface area contributed by atoms with Gasteiger partial charge in [0.15, 0.2) is 0 Å². The maximum Gasteiger partial charge on any atom is 0.414 e. The molecule has 1 aromatic carbocycles. The molecule has 1 aliphatic rings. The van der Waals surface area contributed by atoms with Gasteiger partial charge in [0.25, 0.3) is 0 Å². The summed E-state index contributed by atoms with van der Waals surface area (Å²) < 4.78 is 9.95. The first-order chi connectivity index (χ1) is 10.1. The molecule has 21 heavy (non-hydrogen) atoms.